The maximum atomic E-state index is 13.5. The Hall–Kier alpha value is -3.89. The van der Waals surface area contributed by atoms with Gasteiger partial charge >= 0.3 is 11.9 Å². The summed E-state index contributed by atoms with van der Waals surface area (Å²) in [6, 6.07) is 1.43. The molecule has 12 nitrogen and oxygen atoms in total. The summed E-state index contributed by atoms with van der Waals surface area (Å²) >= 11 is 0. The molecule has 3 heterocycles. The highest BCUT2D eigenvalue weighted by Crippen LogP contribution is 2.36. The molecule has 0 aromatic carbocycles. The molecule has 2 aromatic rings. The number of nitrogens with one attached hydrogen (secondary N) is 1. The van der Waals surface area contributed by atoms with E-state index >= 15 is 0 Å². The lowest BCUT2D eigenvalue weighted by molar-refractivity contribution is -0.459. The number of oxazole rings is 1. The Morgan fingerprint density at radius 2 is 2.09 bits per heavy atom. The Balaban J connectivity index is 1.54. The number of allylic oxidation sites excluding steroid dienone is 2. The topological polar surface area (TPSA) is 154 Å². The fourth-order valence-corrected chi connectivity index (χ4v) is 5.53. The van der Waals surface area contributed by atoms with Gasteiger partial charge in [0.05, 0.1) is 23.4 Å². The van der Waals surface area contributed by atoms with Gasteiger partial charge in [-0.15, -0.1) is 0 Å². The van der Waals surface area contributed by atoms with Crippen molar-refractivity contribution in [2.24, 2.45) is 13.0 Å². The number of hydrogen-bond acceptors (Lipinski definition) is 8. The Kier molecular flexibility index (Phi) is 5.30. The van der Waals surface area contributed by atoms with Gasteiger partial charge < -0.3 is 4.42 Å². The number of fused-ring (bicyclic) bond motifs is 1. The van der Waals surface area contributed by atoms with Gasteiger partial charge in [0.2, 0.25) is 10.0 Å². The van der Waals surface area contributed by atoms with Gasteiger partial charge in [-0.3, -0.25) is 4.68 Å². The SMILES string of the molecule is Cc1ncc(C[N+]2=C3C=CC(S(=O)(=O)NC4(C#N)CC4)=CC3C(=O)N(Cc3cnn(C)c3)C2=O)o1. The maximum absolute atomic E-state index is 13.5. The monoisotopic (exact) mass is 496 g/mol. The number of hydrogen-bond donors (Lipinski definition) is 1. The lowest BCUT2D eigenvalue weighted by Gasteiger charge is -2.27. The number of carbonyl (C=O) groups is 2. The molecule has 2 aliphatic carbocycles. The summed E-state index contributed by atoms with van der Waals surface area (Å²) in [4.78, 5) is 31.9. The van der Waals surface area contributed by atoms with Crippen LogP contribution in [0.3, 0.4) is 0 Å². The number of aryl methyl sites for hydroxylation is 2. The number of amides is 3. The summed E-state index contributed by atoms with van der Waals surface area (Å²) in [5.74, 6) is -0.737. The molecule has 1 aliphatic heterocycles. The standard InChI is InChI=1S/C22H22N7O5S/c1-14-24-9-16(34-14)12-28-19-4-3-17(35(32,33)26-22(13-23)5-6-22)7-18(19)20(30)29(21(28)31)11-15-8-25-27(2)10-15/h3-4,7-10,18,26H,5-6,11-12H2,1-2H3/q+1. The predicted molar refractivity (Wildman–Crippen MR) is 120 cm³/mol. The molecule has 0 spiro atoms. The van der Waals surface area contributed by atoms with Crippen molar-refractivity contribution in [3.8, 4) is 6.07 Å². The third-order valence-electron chi connectivity index (χ3n) is 6.06. The number of urea groups is 1. The van der Waals surface area contributed by atoms with Gasteiger partial charge in [-0.1, -0.05) is 0 Å². The Morgan fingerprint density at radius 1 is 1.31 bits per heavy atom. The van der Waals surface area contributed by atoms with E-state index in [1.807, 2.05) is 6.07 Å². The predicted octanol–water partition coefficient (Wildman–Crippen LogP) is 0.878. The number of imide groups is 1. The highest BCUT2D eigenvalue weighted by atomic mass is 32.2. The summed E-state index contributed by atoms with van der Waals surface area (Å²) in [5.41, 5.74) is -0.133. The lowest BCUT2D eigenvalue weighted by atomic mass is 9.94. The third kappa shape index (κ3) is 4.22. The van der Waals surface area contributed by atoms with Crippen molar-refractivity contribution >= 4 is 27.7 Å². The van der Waals surface area contributed by atoms with Crippen LogP contribution in [0, 0.1) is 24.2 Å². The molecule has 1 fully saturated rings. The van der Waals surface area contributed by atoms with Crippen LogP contribution in [0.1, 0.15) is 30.1 Å². The average Bonchev–Trinajstić information content (AvgIpc) is 3.26. The minimum absolute atomic E-state index is 0.0123. The van der Waals surface area contributed by atoms with Crippen LogP contribution >= 0.6 is 0 Å². The first kappa shape index (κ1) is 22.9. The molecule has 0 saturated heterocycles. The van der Waals surface area contributed by atoms with Crippen LogP contribution in [0.15, 0.2) is 46.1 Å². The van der Waals surface area contributed by atoms with E-state index in [1.54, 1.807) is 31.0 Å². The molecule has 3 aliphatic rings. The van der Waals surface area contributed by atoms with Gasteiger partial charge in [-0.05, 0) is 31.1 Å². The zero-order valence-electron chi connectivity index (χ0n) is 19.0. The van der Waals surface area contributed by atoms with E-state index in [-0.39, 0.29) is 18.0 Å². The maximum Gasteiger partial charge on any atom is 0.501 e. The summed E-state index contributed by atoms with van der Waals surface area (Å²) in [6.45, 7) is 1.66. The second-order valence-corrected chi connectivity index (χ2v) is 10.4. The van der Waals surface area contributed by atoms with Crippen LogP contribution in [0.4, 0.5) is 4.79 Å². The molecule has 0 radical (unpaired) electrons. The van der Waals surface area contributed by atoms with E-state index in [2.05, 4.69) is 14.8 Å². The quantitative estimate of drug-likeness (QED) is 0.554. The third-order valence-corrected chi connectivity index (χ3v) is 7.61. The molecule has 3 amide bonds. The average molecular weight is 497 g/mol. The van der Waals surface area contributed by atoms with E-state index in [0.29, 0.717) is 35.8 Å². The smallest absolute Gasteiger partial charge is 0.442 e. The van der Waals surface area contributed by atoms with Gasteiger partial charge in [0.15, 0.2) is 18.2 Å². The largest absolute Gasteiger partial charge is 0.501 e. The lowest BCUT2D eigenvalue weighted by Crippen LogP contribution is -2.54. The van der Waals surface area contributed by atoms with E-state index in [1.165, 1.54) is 29.0 Å². The molecular formula is C22H22N7O5S+. The number of nitriles is 1. The number of nitrogens with zero attached hydrogens (tertiary/aromatic N) is 6. The van der Waals surface area contributed by atoms with Crippen LogP contribution in [0.25, 0.3) is 0 Å². The van der Waals surface area contributed by atoms with Crippen LogP contribution in [-0.2, 0) is 35.0 Å². The van der Waals surface area contributed by atoms with E-state index < -0.39 is 33.4 Å². The number of sulfonamides is 1. The van der Waals surface area contributed by atoms with Crippen LogP contribution < -0.4 is 4.72 Å². The molecule has 0 bridgehead atoms. The van der Waals surface area contributed by atoms with Crippen molar-refractivity contribution in [2.45, 2.75) is 38.4 Å². The molecule has 2 aromatic heterocycles. The van der Waals surface area contributed by atoms with Gasteiger partial charge in [-0.2, -0.15) is 29.4 Å². The number of aromatic nitrogens is 3. The highest BCUT2D eigenvalue weighted by molar-refractivity contribution is 7.93. The zero-order valence-corrected chi connectivity index (χ0v) is 19.8. The molecule has 35 heavy (non-hydrogen) atoms. The first-order valence-corrected chi connectivity index (χ1v) is 12.3. The Bertz CT molecular complexity index is 1480. The van der Waals surface area contributed by atoms with E-state index in [9.17, 15) is 23.3 Å². The van der Waals surface area contributed by atoms with Gasteiger partial charge in [-0.25, -0.2) is 18.2 Å². The van der Waals surface area contributed by atoms with Gasteiger partial charge in [0.1, 0.15) is 23.7 Å². The van der Waals surface area contributed by atoms with E-state index in [4.69, 9.17) is 4.42 Å². The van der Waals surface area contributed by atoms with Crippen molar-refractivity contribution in [3.05, 3.63) is 58.9 Å². The van der Waals surface area contributed by atoms with Gasteiger partial charge in [0, 0.05) is 25.7 Å². The summed E-state index contributed by atoms with van der Waals surface area (Å²) < 4.78 is 36.8. The number of carbonyl (C=O) groups excluding carboxylic acids is 2. The fraction of sp³-hybridized carbons (Fsp3) is 0.364. The molecule has 1 saturated carbocycles. The van der Waals surface area contributed by atoms with Crippen molar-refractivity contribution in [1.82, 2.24) is 24.4 Å². The van der Waals surface area contributed by atoms with Crippen molar-refractivity contribution in [1.29, 1.82) is 5.26 Å². The van der Waals surface area contributed by atoms with E-state index in [0.717, 1.165) is 4.90 Å². The summed E-state index contributed by atoms with van der Waals surface area (Å²) in [5, 5.41) is 13.4. The van der Waals surface area contributed by atoms with Crippen LogP contribution in [0.5, 0.6) is 0 Å². The van der Waals surface area contributed by atoms with Crippen molar-refractivity contribution < 1.29 is 27.0 Å². The zero-order chi connectivity index (χ0) is 25.0. The summed E-state index contributed by atoms with van der Waals surface area (Å²) in [6.07, 6.45) is 9.69. The number of rotatable bonds is 7. The molecule has 1 N–H and O–H groups in total. The molecule has 1 atom stereocenters. The minimum Gasteiger partial charge on any atom is -0.442 e. The Labute approximate surface area is 200 Å². The second kappa shape index (κ2) is 8.10. The van der Waals surface area contributed by atoms with Gasteiger partial charge in [0.25, 0.3) is 0 Å². The first-order valence-electron chi connectivity index (χ1n) is 10.8. The van der Waals surface area contributed by atoms with Crippen molar-refractivity contribution in [3.63, 3.8) is 0 Å². The Morgan fingerprint density at radius 3 is 2.69 bits per heavy atom. The molecule has 13 heteroatoms. The van der Waals surface area contributed by atoms with Crippen molar-refractivity contribution in [2.75, 3.05) is 0 Å². The molecular weight excluding hydrogens is 474 g/mol. The molecule has 5 rings (SSSR count). The summed E-state index contributed by atoms with van der Waals surface area (Å²) in [7, 11) is -2.33. The molecule has 180 valence electrons. The van der Waals surface area contributed by atoms with Crippen LogP contribution in [0.2, 0.25) is 0 Å². The van der Waals surface area contributed by atoms with Crippen LogP contribution in [-0.4, -0.2) is 55.8 Å². The minimum atomic E-state index is -4.05. The molecule has 1 unspecified atom stereocenters. The second-order valence-electron chi connectivity index (χ2n) is 8.77. The first-order chi connectivity index (χ1) is 16.6. The normalized spacial score (nSPS) is 21.1. The highest BCUT2D eigenvalue weighted by Gasteiger charge is 2.50. The fourth-order valence-electron chi connectivity index (χ4n) is 4.08.